The van der Waals surface area contributed by atoms with Crippen molar-refractivity contribution < 1.29 is 4.79 Å². The lowest BCUT2D eigenvalue weighted by Crippen LogP contribution is -2.48. The zero-order chi connectivity index (χ0) is 20.4. The van der Waals surface area contributed by atoms with Gasteiger partial charge in [0.15, 0.2) is 5.13 Å². The quantitative estimate of drug-likeness (QED) is 0.664. The van der Waals surface area contributed by atoms with E-state index in [2.05, 4.69) is 41.1 Å². The number of anilines is 1. The number of benzene rings is 2. The molecule has 0 atom stereocenters. The van der Waals surface area contributed by atoms with Gasteiger partial charge in [0.2, 0.25) is 0 Å². The molecule has 1 saturated heterocycles. The lowest BCUT2D eigenvalue weighted by Gasteiger charge is -2.34. The second-order valence-electron chi connectivity index (χ2n) is 7.52. The molecule has 5 nitrogen and oxygen atoms in total. The zero-order valence-electron chi connectivity index (χ0n) is 16.7. The molecule has 0 unspecified atom stereocenters. The molecule has 1 N–H and O–H groups in total. The second kappa shape index (κ2) is 8.69. The fourth-order valence-electron chi connectivity index (χ4n) is 3.72. The van der Waals surface area contributed by atoms with Gasteiger partial charge in [-0.3, -0.25) is 9.69 Å². The molecule has 1 amide bonds. The van der Waals surface area contributed by atoms with Gasteiger partial charge < -0.3 is 10.2 Å². The van der Waals surface area contributed by atoms with E-state index in [9.17, 15) is 4.79 Å². The van der Waals surface area contributed by atoms with E-state index >= 15 is 0 Å². The Bertz CT molecular complexity index is 1030. The van der Waals surface area contributed by atoms with Crippen LogP contribution >= 0.6 is 22.9 Å². The van der Waals surface area contributed by atoms with Crippen LogP contribution in [0.25, 0.3) is 10.2 Å². The third kappa shape index (κ3) is 4.71. The van der Waals surface area contributed by atoms with Gasteiger partial charge in [0, 0.05) is 49.9 Å². The number of aryl methyl sites for hydroxylation is 2. The van der Waals surface area contributed by atoms with E-state index in [1.807, 2.05) is 0 Å². The van der Waals surface area contributed by atoms with Gasteiger partial charge in [0.1, 0.15) is 0 Å². The summed E-state index contributed by atoms with van der Waals surface area (Å²) in [4.78, 5) is 21.8. The molecule has 152 valence electrons. The van der Waals surface area contributed by atoms with Crippen molar-refractivity contribution in [2.75, 3.05) is 44.2 Å². The van der Waals surface area contributed by atoms with Gasteiger partial charge in [0.25, 0.3) is 5.91 Å². The normalized spacial score (nSPS) is 15.1. The first-order valence-electron chi connectivity index (χ1n) is 9.88. The largest absolute Gasteiger partial charge is 0.351 e. The minimum Gasteiger partial charge on any atom is -0.351 e. The smallest absolute Gasteiger partial charge is 0.251 e. The number of hydrogen-bond acceptors (Lipinski definition) is 5. The highest BCUT2D eigenvalue weighted by Gasteiger charge is 2.20. The number of fused-ring (bicyclic) bond motifs is 1. The first-order valence-corrected chi connectivity index (χ1v) is 11.1. The number of rotatable bonds is 5. The van der Waals surface area contributed by atoms with Crippen molar-refractivity contribution in [2.24, 2.45) is 0 Å². The summed E-state index contributed by atoms with van der Waals surface area (Å²) in [7, 11) is 0. The fourth-order valence-corrected chi connectivity index (χ4v) is 4.98. The van der Waals surface area contributed by atoms with Crippen molar-refractivity contribution in [3.05, 3.63) is 58.1 Å². The molecule has 0 spiro atoms. The number of carbonyl (C=O) groups excluding carboxylic acids is 1. The molecule has 29 heavy (non-hydrogen) atoms. The van der Waals surface area contributed by atoms with Crippen molar-refractivity contribution in [3.8, 4) is 0 Å². The number of nitrogens with one attached hydrogen (secondary N) is 1. The van der Waals surface area contributed by atoms with Crippen molar-refractivity contribution >= 4 is 44.2 Å². The highest BCUT2D eigenvalue weighted by Crippen LogP contribution is 2.32. The first-order chi connectivity index (χ1) is 14.0. The van der Waals surface area contributed by atoms with Gasteiger partial charge in [-0.15, -0.1) is 0 Å². The van der Waals surface area contributed by atoms with E-state index in [0.717, 1.165) is 43.4 Å². The number of amides is 1. The summed E-state index contributed by atoms with van der Waals surface area (Å²) in [6.07, 6.45) is 0. The summed E-state index contributed by atoms with van der Waals surface area (Å²) in [6, 6.07) is 11.4. The molecule has 7 heteroatoms. The van der Waals surface area contributed by atoms with Gasteiger partial charge in [-0.1, -0.05) is 35.1 Å². The van der Waals surface area contributed by atoms with E-state index in [-0.39, 0.29) is 5.91 Å². The second-order valence-corrected chi connectivity index (χ2v) is 8.94. The Hall–Kier alpha value is -2.15. The van der Waals surface area contributed by atoms with Gasteiger partial charge in [0.05, 0.1) is 10.2 Å². The lowest BCUT2D eigenvalue weighted by molar-refractivity contribution is 0.0948. The molecule has 0 aliphatic carbocycles. The number of nitrogens with zero attached hydrogens (tertiary/aromatic N) is 3. The summed E-state index contributed by atoms with van der Waals surface area (Å²) in [6.45, 7) is 9.62. The Morgan fingerprint density at radius 3 is 2.72 bits per heavy atom. The van der Waals surface area contributed by atoms with Crippen LogP contribution in [0, 0.1) is 13.8 Å². The number of piperazine rings is 1. The maximum absolute atomic E-state index is 12.2. The molecule has 0 bridgehead atoms. The Morgan fingerprint density at radius 2 is 1.97 bits per heavy atom. The number of hydrogen-bond donors (Lipinski definition) is 1. The number of thiazole rings is 1. The van der Waals surface area contributed by atoms with Crippen LogP contribution in [0.3, 0.4) is 0 Å². The predicted molar refractivity (Wildman–Crippen MR) is 122 cm³/mol. The average Bonchev–Trinajstić information content (AvgIpc) is 3.13. The Morgan fingerprint density at radius 1 is 1.17 bits per heavy atom. The summed E-state index contributed by atoms with van der Waals surface area (Å²) < 4.78 is 1.29. The zero-order valence-corrected chi connectivity index (χ0v) is 18.3. The SMILES string of the molecule is Cc1cc(C)c2sc(N3CCN(CCNC(=O)c4cccc(Cl)c4)CC3)nc2c1. The molecular formula is C22H25ClN4OS. The minimum atomic E-state index is -0.0775. The van der Waals surface area contributed by atoms with Crippen LogP contribution in [0.4, 0.5) is 5.13 Å². The summed E-state index contributed by atoms with van der Waals surface area (Å²) >= 11 is 7.74. The van der Waals surface area contributed by atoms with Crippen LogP contribution in [0.1, 0.15) is 21.5 Å². The van der Waals surface area contributed by atoms with Gasteiger partial charge in [-0.05, 0) is 49.2 Å². The van der Waals surface area contributed by atoms with E-state index in [1.165, 1.54) is 15.8 Å². The highest BCUT2D eigenvalue weighted by molar-refractivity contribution is 7.22. The fraction of sp³-hybridized carbons (Fsp3) is 0.364. The van der Waals surface area contributed by atoms with Crippen LogP contribution < -0.4 is 10.2 Å². The summed E-state index contributed by atoms with van der Waals surface area (Å²) in [5.74, 6) is -0.0775. The molecule has 0 radical (unpaired) electrons. The van der Waals surface area contributed by atoms with Gasteiger partial charge >= 0.3 is 0 Å². The number of carbonyl (C=O) groups is 1. The van der Waals surface area contributed by atoms with Crippen LogP contribution in [-0.4, -0.2) is 55.1 Å². The Kier molecular flexibility index (Phi) is 6.04. The molecule has 1 aliphatic rings. The molecular weight excluding hydrogens is 404 g/mol. The van der Waals surface area contributed by atoms with E-state index < -0.39 is 0 Å². The molecule has 2 aromatic carbocycles. The maximum Gasteiger partial charge on any atom is 0.251 e. The van der Waals surface area contributed by atoms with Crippen LogP contribution in [0.2, 0.25) is 5.02 Å². The third-order valence-corrected chi connectivity index (χ3v) is 6.75. The molecule has 0 saturated carbocycles. The molecule has 1 fully saturated rings. The molecule has 4 rings (SSSR count). The van der Waals surface area contributed by atoms with Gasteiger partial charge in [-0.25, -0.2) is 4.98 Å². The minimum absolute atomic E-state index is 0.0775. The van der Waals surface area contributed by atoms with Crippen LogP contribution in [0.5, 0.6) is 0 Å². The molecule has 2 heterocycles. The standard InChI is InChI=1S/C22H25ClN4OS/c1-15-12-16(2)20-19(13-15)25-22(29-20)27-10-8-26(9-11-27)7-6-24-21(28)17-4-3-5-18(23)14-17/h3-5,12-14H,6-11H2,1-2H3,(H,24,28). The van der Waals surface area contributed by atoms with Crippen LogP contribution in [-0.2, 0) is 0 Å². The van der Waals surface area contributed by atoms with Crippen molar-refractivity contribution in [3.63, 3.8) is 0 Å². The Balaban J connectivity index is 1.27. The molecule has 1 aliphatic heterocycles. The van der Waals surface area contributed by atoms with Crippen molar-refractivity contribution in [1.82, 2.24) is 15.2 Å². The van der Waals surface area contributed by atoms with Crippen molar-refractivity contribution in [2.45, 2.75) is 13.8 Å². The van der Waals surface area contributed by atoms with E-state index in [0.29, 0.717) is 17.1 Å². The Labute approximate surface area is 180 Å². The summed E-state index contributed by atoms with van der Waals surface area (Å²) in [5.41, 5.74) is 4.27. The molecule has 1 aromatic heterocycles. The topological polar surface area (TPSA) is 48.5 Å². The monoisotopic (exact) mass is 428 g/mol. The average molecular weight is 429 g/mol. The van der Waals surface area contributed by atoms with Crippen LogP contribution in [0.15, 0.2) is 36.4 Å². The first kappa shape index (κ1) is 20.1. The molecule has 3 aromatic rings. The van der Waals surface area contributed by atoms with Gasteiger partial charge in [-0.2, -0.15) is 0 Å². The summed E-state index contributed by atoms with van der Waals surface area (Å²) in [5, 5.41) is 4.67. The third-order valence-electron chi connectivity index (χ3n) is 5.25. The van der Waals surface area contributed by atoms with Crippen molar-refractivity contribution in [1.29, 1.82) is 0 Å². The number of aromatic nitrogens is 1. The maximum atomic E-state index is 12.2. The highest BCUT2D eigenvalue weighted by atomic mass is 35.5. The van der Waals surface area contributed by atoms with E-state index in [4.69, 9.17) is 16.6 Å². The lowest BCUT2D eigenvalue weighted by atomic mass is 10.1. The predicted octanol–water partition coefficient (Wildman–Crippen LogP) is 4.12. The van der Waals surface area contributed by atoms with E-state index in [1.54, 1.807) is 35.6 Å². The number of halogens is 1.